The largest absolute Gasteiger partial charge is 0.485 e. The van der Waals surface area contributed by atoms with Crippen LogP contribution in [0.4, 0.5) is 0 Å². The summed E-state index contributed by atoms with van der Waals surface area (Å²) in [5.41, 5.74) is 0. The average molecular weight is 172 g/mol. The molecule has 3 heteroatoms. The molecule has 1 aliphatic heterocycles. The molecule has 1 aliphatic rings. The Morgan fingerprint density at radius 2 is 2.55 bits per heavy atom. The van der Waals surface area contributed by atoms with Crippen molar-refractivity contribution in [1.82, 2.24) is 0 Å². The van der Waals surface area contributed by atoms with Gasteiger partial charge in [-0.25, -0.2) is 0 Å². The molecule has 0 aromatic rings. The van der Waals surface area contributed by atoms with Gasteiger partial charge in [0.1, 0.15) is 5.78 Å². The molecule has 0 aliphatic carbocycles. The molecule has 1 heterocycles. The zero-order valence-electron chi connectivity index (χ0n) is 6.79. The molecule has 11 heavy (non-hydrogen) atoms. The lowest BCUT2D eigenvalue weighted by Gasteiger charge is -2.21. The van der Waals surface area contributed by atoms with Gasteiger partial charge in [-0.2, -0.15) is 0 Å². The molecule has 0 aromatic carbocycles. The van der Waals surface area contributed by atoms with Crippen molar-refractivity contribution in [2.75, 3.05) is 5.75 Å². The van der Waals surface area contributed by atoms with Crippen LogP contribution in [-0.4, -0.2) is 16.5 Å². The molecule has 0 bridgehead atoms. The summed E-state index contributed by atoms with van der Waals surface area (Å²) in [5.74, 6) is 0.741. The van der Waals surface area contributed by atoms with Gasteiger partial charge in [0.2, 0.25) is 0 Å². The molecule has 0 amide bonds. The fourth-order valence-corrected chi connectivity index (χ4v) is 1.70. The van der Waals surface area contributed by atoms with E-state index in [9.17, 15) is 4.79 Å². The highest BCUT2D eigenvalue weighted by Crippen LogP contribution is 2.34. The molecule has 0 spiro atoms. The van der Waals surface area contributed by atoms with E-state index in [0.29, 0.717) is 5.75 Å². The Labute approximate surface area is 71.0 Å². The number of ketones is 1. The third-order valence-electron chi connectivity index (χ3n) is 1.48. The van der Waals surface area contributed by atoms with E-state index in [4.69, 9.17) is 4.74 Å². The van der Waals surface area contributed by atoms with Gasteiger partial charge in [0.15, 0.2) is 4.93 Å². The maximum Gasteiger partial charge on any atom is 0.154 e. The van der Waals surface area contributed by atoms with E-state index in [0.717, 1.165) is 6.42 Å². The number of carbonyl (C=O) groups excluding carboxylic acids is 1. The summed E-state index contributed by atoms with van der Waals surface area (Å²) in [6.07, 6.45) is 4.57. The van der Waals surface area contributed by atoms with E-state index in [-0.39, 0.29) is 10.7 Å². The van der Waals surface area contributed by atoms with Crippen LogP contribution in [-0.2, 0) is 9.53 Å². The third kappa shape index (κ3) is 2.58. The van der Waals surface area contributed by atoms with Crippen LogP contribution >= 0.6 is 11.8 Å². The van der Waals surface area contributed by atoms with Crippen LogP contribution < -0.4 is 0 Å². The van der Waals surface area contributed by atoms with Crippen molar-refractivity contribution in [2.45, 2.75) is 25.2 Å². The highest BCUT2D eigenvalue weighted by molar-refractivity contribution is 8.01. The number of hydrogen-bond donors (Lipinski definition) is 0. The van der Waals surface area contributed by atoms with Crippen LogP contribution in [0.5, 0.6) is 0 Å². The molecule has 0 N–H and O–H groups in total. The van der Waals surface area contributed by atoms with Gasteiger partial charge < -0.3 is 4.74 Å². The maximum absolute atomic E-state index is 10.6. The SMILES string of the molecule is CC(=O)CSC1(C)CC=CO1. The lowest BCUT2D eigenvalue weighted by atomic mass is 10.3. The second-order valence-electron chi connectivity index (χ2n) is 2.82. The molecule has 1 atom stereocenters. The molecular weight excluding hydrogens is 160 g/mol. The van der Waals surface area contributed by atoms with E-state index in [2.05, 4.69) is 0 Å². The van der Waals surface area contributed by atoms with E-state index in [1.807, 2.05) is 13.0 Å². The van der Waals surface area contributed by atoms with E-state index < -0.39 is 0 Å². The molecule has 0 fully saturated rings. The fourth-order valence-electron chi connectivity index (χ4n) is 0.850. The lowest BCUT2D eigenvalue weighted by molar-refractivity contribution is -0.114. The van der Waals surface area contributed by atoms with Gasteiger partial charge in [-0.1, -0.05) is 0 Å². The monoisotopic (exact) mass is 172 g/mol. The molecular formula is C8H12O2S. The number of carbonyl (C=O) groups is 1. The van der Waals surface area contributed by atoms with Gasteiger partial charge in [0.25, 0.3) is 0 Å². The highest BCUT2D eigenvalue weighted by Gasteiger charge is 2.27. The van der Waals surface area contributed by atoms with Gasteiger partial charge in [-0.3, -0.25) is 4.79 Å². The van der Waals surface area contributed by atoms with Crippen molar-refractivity contribution in [3.8, 4) is 0 Å². The minimum absolute atomic E-state index is 0.189. The van der Waals surface area contributed by atoms with E-state index >= 15 is 0 Å². The van der Waals surface area contributed by atoms with E-state index in [1.165, 1.54) is 0 Å². The Balaban J connectivity index is 2.30. The predicted octanol–water partition coefficient (Wildman–Crippen LogP) is 1.96. The number of Topliss-reactive ketones (excluding diaryl/α,β-unsaturated/α-hetero) is 1. The van der Waals surface area contributed by atoms with Crippen molar-refractivity contribution in [3.05, 3.63) is 12.3 Å². The summed E-state index contributed by atoms with van der Waals surface area (Å²) < 4.78 is 5.32. The topological polar surface area (TPSA) is 26.3 Å². The van der Waals surface area contributed by atoms with Gasteiger partial charge in [-0.15, -0.1) is 11.8 Å². The number of ether oxygens (including phenoxy) is 1. The quantitative estimate of drug-likeness (QED) is 0.651. The molecule has 2 nitrogen and oxygen atoms in total. The van der Waals surface area contributed by atoms with Crippen molar-refractivity contribution >= 4 is 17.5 Å². The lowest BCUT2D eigenvalue weighted by Crippen LogP contribution is -2.19. The van der Waals surface area contributed by atoms with Gasteiger partial charge >= 0.3 is 0 Å². The van der Waals surface area contributed by atoms with E-state index in [1.54, 1.807) is 24.9 Å². The van der Waals surface area contributed by atoms with Crippen LogP contribution in [0.2, 0.25) is 0 Å². The van der Waals surface area contributed by atoms with Gasteiger partial charge in [-0.05, 0) is 19.9 Å². The zero-order chi connectivity index (χ0) is 8.32. The number of thioether (sulfide) groups is 1. The number of hydrogen-bond acceptors (Lipinski definition) is 3. The second-order valence-corrected chi connectivity index (χ2v) is 4.26. The van der Waals surface area contributed by atoms with Crippen molar-refractivity contribution in [1.29, 1.82) is 0 Å². The molecule has 62 valence electrons. The maximum atomic E-state index is 10.6. The summed E-state index contributed by atoms with van der Waals surface area (Å²) >= 11 is 1.56. The summed E-state index contributed by atoms with van der Waals surface area (Å²) in [5, 5.41) is 0. The standard InChI is InChI=1S/C8H12O2S/c1-7(9)6-11-8(2)4-3-5-10-8/h3,5H,4,6H2,1-2H3. The minimum atomic E-state index is -0.189. The first-order valence-corrected chi connectivity index (χ1v) is 4.57. The molecule has 0 aromatic heterocycles. The van der Waals surface area contributed by atoms with Crippen LogP contribution in [0.3, 0.4) is 0 Å². The molecule has 1 rings (SSSR count). The minimum Gasteiger partial charge on any atom is -0.485 e. The van der Waals surface area contributed by atoms with Crippen molar-refractivity contribution in [2.24, 2.45) is 0 Å². The van der Waals surface area contributed by atoms with Gasteiger partial charge in [0.05, 0.1) is 12.0 Å². The van der Waals surface area contributed by atoms with Crippen LogP contribution in [0, 0.1) is 0 Å². The fraction of sp³-hybridized carbons (Fsp3) is 0.625. The Kier molecular flexibility index (Phi) is 2.60. The molecule has 0 radical (unpaired) electrons. The number of rotatable bonds is 3. The first kappa shape index (κ1) is 8.65. The smallest absolute Gasteiger partial charge is 0.154 e. The second kappa shape index (κ2) is 3.30. The van der Waals surface area contributed by atoms with Crippen LogP contribution in [0.15, 0.2) is 12.3 Å². The van der Waals surface area contributed by atoms with Crippen LogP contribution in [0.25, 0.3) is 0 Å². The molecule has 1 unspecified atom stereocenters. The first-order valence-electron chi connectivity index (χ1n) is 3.59. The molecule has 0 saturated carbocycles. The average Bonchev–Trinajstić information content (AvgIpc) is 2.33. The highest BCUT2D eigenvalue weighted by atomic mass is 32.2. The molecule has 0 saturated heterocycles. The Morgan fingerprint density at radius 1 is 1.82 bits per heavy atom. The normalized spacial score (nSPS) is 28.5. The summed E-state index contributed by atoms with van der Waals surface area (Å²) in [6.45, 7) is 3.60. The zero-order valence-corrected chi connectivity index (χ0v) is 7.61. The Bertz CT molecular complexity index is 179. The van der Waals surface area contributed by atoms with Crippen LogP contribution in [0.1, 0.15) is 20.3 Å². The predicted molar refractivity (Wildman–Crippen MR) is 46.4 cm³/mol. The summed E-state index contributed by atoms with van der Waals surface area (Å²) in [4.78, 5) is 10.5. The first-order chi connectivity index (χ1) is 5.12. The summed E-state index contributed by atoms with van der Waals surface area (Å²) in [6, 6.07) is 0. The van der Waals surface area contributed by atoms with Crippen molar-refractivity contribution < 1.29 is 9.53 Å². The summed E-state index contributed by atoms with van der Waals surface area (Å²) in [7, 11) is 0. The Hall–Kier alpha value is -0.440. The third-order valence-corrected chi connectivity index (χ3v) is 2.91. The van der Waals surface area contributed by atoms with Gasteiger partial charge in [0, 0.05) is 6.42 Å². The van der Waals surface area contributed by atoms with Crippen molar-refractivity contribution in [3.63, 3.8) is 0 Å². The Morgan fingerprint density at radius 3 is 3.00 bits per heavy atom.